The van der Waals surface area contributed by atoms with Crippen molar-refractivity contribution >= 4 is 40.7 Å². The molecule has 6 nitrogen and oxygen atoms in total. The van der Waals surface area contributed by atoms with Gasteiger partial charge < -0.3 is 11.1 Å². The van der Waals surface area contributed by atoms with Crippen LogP contribution in [0.2, 0.25) is 10.0 Å². The maximum atomic E-state index is 13.7. The molecule has 0 saturated carbocycles. The van der Waals surface area contributed by atoms with E-state index in [1.54, 1.807) is 42.5 Å². The molecule has 1 heterocycles. The number of halogens is 4. The highest BCUT2D eigenvalue weighted by atomic mass is 35.5. The van der Waals surface area contributed by atoms with Crippen molar-refractivity contribution in [3.8, 4) is 0 Å². The molecule has 1 fully saturated rings. The first-order valence-corrected chi connectivity index (χ1v) is 13.8. The SMILES string of the molecule is CC(CCCN1CCN(CC(=O)Nc2c(Cl)cccc2Cl)CC1C(N)=O)(c1ccc(F)cc1)c1ccc(F)cc1. The van der Waals surface area contributed by atoms with Crippen molar-refractivity contribution in [3.63, 3.8) is 0 Å². The molecule has 0 bridgehead atoms. The highest BCUT2D eigenvalue weighted by Gasteiger charge is 2.33. The first kappa shape index (κ1) is 29.9. The van der Waals surface area contributed by atoms with E-state index in [0.717, 1.165) is 11.1 Å². The molecule has 1 aliphatic rings. The largest absolute Gasteiger partial charge is 0.368 e. The number of carbonyl (C=O) groups is 2. The first-order chi connectivity index (χ1) is 19.1. The quantitative estimate of drug-likeness (QED) is 0.329. The molecular formula is C30H32Cl2F2N4O2. The van der Waals surface area contributed by atoms with Crippen LogP contribution in [0.15, 0.2) is 66.7 Å². The van der Waals surface area contributed by atoms with Crippen LogP contribution in [0, 0.1) is 11.6 Å². The topological polar surface area (TPSA) is 78.7 Å². The predicted molar refractivity (Wildman–Crippen MR) is 155 cm³/mol. The lowest BCUT2D eigenvalue weighted by Gasteiger charge is -2.40. The second-order valence-electron chi connectivity index (χ2n) is 10.3. The Kier molecular flexibility index (Phi) is 9.79. The van der Waals surface area contributed by atoms with E-state index in [-0.39, 0.29) is 24.1 Å². The van der Waals surface area contributed by atoms with E-state index in [9.17, 15) is 18.4 Å². The lowest BCUT2D eigenvalue weighted by atomic mass is 9.73. The minimum atomic E-state index is -0.562. The first-order valence-electron chi connectivity index (χ1n) is 13.1. The van der Waals surface area contributed by atoms with Crippen molar-refractivity contribution in [2.45, 2.75) is 31.2 Å². The van der Waals surface area contributed by atoms with Crippen LogP contribution in [0.4, 0.5) is 14.5 Å². The number of amides is 2. The second kappa shape index (κ2) is 13.1. The van der Waals surface area contributed by atoms with Crippen molar-refractivity contribution in [3.05, 3.63) is 99.5 Å². The molecule has 10 heteroatoms. The fourth-order valence-corrected chi connectivity index (χ4v) is 5.78. The van der Waals surface area contributed by atoms with Gasteiger partial charge in [-0.3, -0.25) is 19.4 Å². The molecule has 1 aliphatic heterocycles. The van der Waals surface area contributed by atoms with Crippen LogP contribution in [-0.2, 0) is 15.0 Å². The molecule has 0 spiro atoms. The summed E-state index contributed by atoms with van der Waals surface area (Å²) in [7, 11) is 0. The van der Waals surface area contributed by atoms with Crippen molar-refractivity contribution in [2.75, 3.05) is 38.0 Å². The second-order valence-corrected chi connectivity index (χ2v) is 11.1. The van der Waals surface area contributed by atoms with E-state index in [4.69, 9.17) is 28.9 Å². The minimum Gasteiger partial charge on any atom is -0.368 e. The van der Waals surface area contributed by atoms with Crippen molar-refractivity contribution in [1.29, 1.82) is 0 Å². The summed E-state index contributed by atoms with van der Waals surface area (Å²) in [5, 5.41) is 3.43. The van der Waals surface area contributed by atoms with E-state index in [1.165, 1.54) is 24.3 Å². The molecule has 3 aromatic rings. The van der Waals surface area contributed by atoms with Gasteiger partial charge in [0.05, 0.1) is 22.3 Å². The molecule has 212 valence electrons. The number of nitrogens with two attached hydrogens (primary N) is 1. The molecule has 0 aliphatic carbocycles. The zero-order valence-electron chi connectivity index (χ0n) is 22.2. The van der Waals surface area contributed by atoms with E-state index in [0.29, 0.717) is 54.8 Å². The zero-order chi connectivity index (χ0) is 28.9. The third-order valence-corrected chi connectivity index (χ3v) is 8.21. The van der Waals surface area contributed by atoms with E-state index < -0.39 is 17.4 Å². The Labute approximate surface area is 243 Å². The van der Waals surface area contributed by atoms with Gasteiger partial charge in [0, 0.05) is 25.0 Å². The zero-order valence-corrected chi connectivity index (χ0v) is 23.7. The monoisotopic (exact) mass is 588 g/mol. The van der Waals surface area contributed by atoms with Crippen LogP contribution in [0.25, 0.3) is 0 Å². The third kappa shape index (κ3) is 7.18. The molecule has 1 unspecified atom stereocenters. The van der Waals surface area contributed by atoms with Gasteiger partial charge in [-0.2, -0.15) is 0 Å². The summed E-state index contributed by atoms with van der Waals surface area (Å²) in [6.07, 6.45) is 1.39. The van der Waals surface area contributed by atoms with Gasteiger partial charge in [-0.15, -0.1) is 0 Å². The molecule has 3 aromatic carbocycles. The van der Waals surface area contributed by atoms with Crippen LogP contribution in [0.1, 0.15) is 30.9 Å². The Bertz CT molecular complexity index is 1270. The predicted octanol–water partition coefficient (Wildman–Crippen LogP) is 5.47. The Hall–Kier alpha value is -3.04. The summed E-state index contributed by atoms with van der Waals surface area (Å²) in [5.74, 6) is -1.40. The number of carbonyl (C=O) groups excluding carboxylic acids is 2. The maximum absolute atomic E-state index is 13.7. The average Bonchev–Trinajstić information content (AvgIpc) is 2.92. The summed E-state index contributed by atoms with van der Waals surface area (Å²) < 4.78 is 27.3. The number of primary amides is 1. The molecular weight excluding hydrogens is 557 g/mol. The third-order valence-electron chi connectivity index (χ3n) is 7.58. The van der Waals surface area contributed by atoms with Crippen LogP contribution in [-0.4, -0.2) is 60.4 Å². The molecule has 3 N–H and O–H groups in total. The maximum Gasteiger partial charge on any atom is 0.238 e. The molecule has 4 rings (SSSR count). The Morgan fingerprint density at radius 2 is 1.50 bits per heavy atom. The van der Waals surface area contributed by atoms with Gasteiger partial charge in [0.2, 0.25) is 11.8 Å². The van der Waals surface area contributed by atoms with Crippen molar-refractivity contribution < 1.29 is 18.4 Å². The lowest BCUT2D eigenvalue weighted by Crippen LogP contribution is -2.59. The summed E-state index contributed by atoms with van der Waals surface area (Å²) in [4.78, 5) is 29.0. The van der Waals surface area contributed by atoms with Crippen LogP contribution in [0.5, 0.6) is 0 Å². The summed E-state index contributed by atoms with van der Waals surface area (Å²) >= 11 is 12.3. The van der Waals surface area contributed by atoms with Gasteiger partial charge in [-0.25, -0.2) is 8.78 Å². The number of nitrogens with zero attached hydrogens (tertiary/aromatic N) is 2. The van der Waals surface area contributed by atoms with Crippen LogP contribution in [0.3, 0.4) is 0 Å². The van der Waals surface area contributed by atoms with Gasteiger partial charge >= 0.3 is 0 Å². The van der Waals surface area contributed by atoms with E-state index >= 15 is 0 Å². The van der Waals surface area contributed by atoms with Gasteiger partial charge in [0.1, 0.15) is 17.7 Å². The lowest BCUT2D eigenvalue weighted by molar-refractivity contribution is -0.127. The van der Waals surface area contributed by atoms with Crippen molar-refractivity contribution in [1.82, 2.24) is 9.80 Å². The number of hydrogen-bond donors (Lipinski definition) is 2. The molecule has 0 aromatic heterocycles. The Balaban J connectivity index is 1.39. The molecule has 0 radical (unpaired) electrons. The average molecular weight is 590 g/mol. The number of piperazine rings is 1. The number of nitrogens with one attached hydrogen (secondary N) is 1. The number of rotatable bonds is 10. The number of benzene rings is 3. The molecule has 40 heavy (non-hydrogen) atoms. The van der Waals surface area contributed by atoms with Crippen LogP contribution < -0.4 is 11.1 Å². The van der Waals surface area contributed by atoms with Crippen LogP contribution >= 0.6 is 23.2 Å². The number of para-hydroxylation sites is 1. The summed E-state index contributed by atoms with van der Waals surface area (Å²) in [6, 6.07) is 17.1. The Morgan fingerprint density at radius 1 is 0.950 bits per heavy atom. The van der Waals surface area contributed by atoms with Gasteiger partial charge in [0.15, 0.2) is 0 Å². The normalized spacial score (nSPS) is 16.6. The number of anilines is 1. The highest BCUT2D eigenvalue weighted by Crippen LogP contribution is 2.37. The summed E-state index contributed by atoms with van der Waals surface area (Å²) in [6.45, 7) is 4.15. The highest BCUT2D eigenvalue weighted by molar-refractivity contribution is 6.39. The van der Waals surface area contributed by atoms with Gasteiger partial charge in [0.25, 0.3) is 0 Å². The number of hydrogen-bond acceptors (Lipinski definition) is 4. The standard InChI is InChI=1S/C30H32Cl2F2N4O2/c1-30(20-6-10-22(33)11-7-20,21-8-12-23(34)13-9-21)14-3-15-38-17-16-37(18-26(38)29(35)40)19-27(39)36-28-24(31)4-2-5-25(28)32/h2,4-13,26H,3,14-19H2,1H3,(H2,35,40)(H,36,39). The van der Waals surface area contributed by atoms with Crippen molar-refractivity contribution in [2.24, 2.45) is 5.73 Å². The molecule has 1 atom stereocenters. The molecule has 2 amide bonds. The fraction of sp³-hybridized carbons (Fsp3) is 0.333. The van der Waals surface area contributed by atoms with E-state index in [1.807, 2.05) is 9.80 Å². The minimum absolute atomic E-state index is 0.0619. The Morgan fingerprint density at radius 3 is 2.02 bits per heavy atom. The van der Waals surface area contributed by atoms with E-state index in [2.05, 4.69) is 12.2 Å². The van der Waals surface area contributed by atoms with Gasteiger partial charge in [-0.05, 0) is 66.9 Å². The summed E-state index contributed by atoms with van der Waals surface area (Å²) in [5.41, 5.74) is 7.46. The smallest absolute Gasteiger partial charge is 0.238 e. The molecule has 1 saturated heterocycles. The fourth-order valence-electron chi connectivity index (χ4n) is 5.28. The van der Waals surface area contributed by atoms with Gasteiger partial charge in [-0.1, -0.05) is 60.5 Å².